The van der Waals surface area contributed by atoms with Gasteiger partial charge in [0.1, 0.15) is 5.92 Å². The van der Waals surface area contributed by atoms with E-state index in [0.29, 0.717) is 5.02 Å². The molecule has 30 heavy (non-hydrogen) atoms. The van der Waals surface area contributed by atoms with Crippen molar-refractivity contribution in [3.63, 3.8) is 0 Å². The van der Waals surface area contributed by atoms with E-state index in [1.54, 1.807) is 12.1 Å². The Morgan fingerprint density at radius 3 is 2.13 bits per heavy atom. The molecule has 162 valence electrons. The first-order chi connectivity index (χ1) is 13.9. The first-order valence-electron chi connectivity index (χ1n) is 9.89. The van der Waals surface area contributed by atoms with Crippen LogP contribution in [0.4, 0.5) is 0 Å². The monoisotopic (exact) mass is 508 g/mol. The van der Waals surface area contributed by atoms with Crippen LogP contribution in [-0.2, 0) is 14.0 Å². The molecule has 0 aliphatic heterocycles. The first kappa shape index (κ1) is 24.9. The number of hydrogen-bond acceptors (Lipinski definition) is 3. The third kappa shape index (κ3) is 6.55. The molecule has 0 unspecified atom stereocenters. The zero-order valence-electron chi connectivity index (χ0n) is 18.4. The van der Waals surface area contributed by atoms with Gasteiger partial charge in [-0.2, -0.15) is 0 Å². The van der Waals surface area contributed by atoms with E-state index in [0.717, 1.165) is 15.6 Å². The van der Waals surface area contributed by atoms with Crippen LogP contribution in [0.3, 0.4) is 0 Å². The van der Waals surface area contributed by atoms with Crippen LogP contribution in [0.1, 0.15) is 37.8 Å². The number of esters is 1. The second kappa shape index (κ2) is 10.3. The summed E-state index contributed by atoms with van der Waals surface area (Å²) in [6, 6.07) is 15.3. The molecule has 2 aromatic rings. The van der Waals surface area contributed by atoms with Crippen molar-refractivity contribution in [2.45, 2.75) is 50.9 Å². The summed E-state index contributed by atoms with van der Waals surface area (Å²) in [7, 11) is -0.763. The summed E-state index contributed by atoms with van der Waals surface area (Å²) in [4.78, 5) is 12.9. The Kier molecular flexibility index (Phi) is 8.51. The summed E-state index contributed by atoms with van der Waals surface area (Å²) in [5.74, 6) is -0.922. The molecule has 0 aliphatic carbocycles. The molecule has 2 rings (SSSR count). The highest BCUT2D eigenvalue weighted by atomic mass is 79.9. The van der Waals surface area contributed by atoms with Gasteiger partial charge >= 0.3 is 5.97 Å². The van der Waals surface area contributed by atoms with Gasteiger partial charge in [-0.25, -0.2) is 0 Å². The largest absolute Gasteiger partial charge is 0.468 e. The Morgan fingerprint density at radius 2 is 1.63 bits per heavy atom. The normalized spacial score (nSPS) is 14.5. The summed E-state index contributed by atoms with van der Waals surface area (Å²) < 4.78 is 12.9. The van der Waals surface area contributed by atoms with Gasteiger partial charge in [0.15, 0.2) is 8.32 Å². The molecule has 0 fully saturated rings. The van der Waals surface area contributed by atoms with Crippen molar-refractivity contribution < 1.29 is 14.0 Å². The van der Waals surface area contributed by atoms with Gasteiger partial charge in [-0.1, -0.05) is 84.7 Å². The molecule has 0 bridgehead atoms. The Hall–Kier alpha value is -1.40. The lowest BCUT2D eigenvalue weighted by Crippen LogP contribution is -2.46. The Morgan fingerprint density at radius 1 is 1.07 bits per heavy atom. The number of carbonyl (C=O) groups excluding carboxylic acids is 1. The third-order valence-corrected chi connectivity index (χ3v) is 10.9. The van der Waals surface area contributed by atoms with Crippen molar-refractivity contribution in [1.82, 2.24) is 0 Å². The molecule has 0 aromatic heterocycles. The standard InChI is InChI=1S/C24H30BrClO3Si/c1-24(2,3)30(5,6)29-21(16-9-17-7-12-19(25)13-8-17)22(23(27)28-4)18-10-14-20(26)15-11-18/h7-16,21-22H,1-6H3/b16-9+/t21-,22+/m1/s1. The minimum atomic E-state index is -2.17. The van der Waals surface area contributed by atoms with Gasteiger partial charge in [0.25, 0.3) is 0 Å². The number of ether oxygens (including phenoxy) is 1. The molecule has 0 amide bonds. The van der Waals surface area contributed by atoms with E-state index < -0.39 is 20.3 Å². The molecule has 0 saturated heterocycles. The van der Waals surface area contributed by atoms with Crippen LogP contribution < -0.4 is 0 Å². The van der Waals surface area contributed by atoms with E-state index in [9.17, 15) is 4.79 Å². The Labute approximate surface area is 194 Å². The van der Waals surface area contributed by atoms with Gasteiger partial charge in [0.2, 0.25) is 0 Å². The second-order valence-corrected chi connectivity index (χ2v) is 14.9. The van der Waals surface area contributed by atoms with E-state index >= 15 is 0 Å². The van der Waals surface area contributed by atoms with Gasteiger partial charge in [-0.3, -0.25) is 4.79 Å². The van der Waals surface area contributed by atoms with Crippen molar-refractivity contribution in [3.8, 4) is 0 Å². The third-order valence-electron chi connectivity index (χ3n) is 5.60. The van der Waals surface area contributed by atoms with Crippen molar-refractivity contribution >= 4 is 47.9 Å². The highest BCUT2D eigenvalue weighted by Gasteiger charge is 2.42. The average molecular weight is 510 g/mol. The number of hydrogen-bond donors (Lipinski definition) is 0. The molecular weight excluding hydrogens is 480 g/mol. The van der Waals surface area contributed by atoms with Gasteiger partial charge in [-0.05, 0) is 53.5 Å². The van der Waals surface area contributed by atoms with Crippen LogP contribution in [0.2, 0.25) is 23.2 Å². The zero-order chi connectivity index (χ0) is 22.5. The molecule has 0 heterocycles. The maximum absolute atomic E-state index is 12.9. The maximum Gasteiger partial charge on any atom is 0.316 e. The summed E-state index contributed by atoms with van der Waals surface area (Å²) in [6.45, 7) is 10.9. The van der Waals surface area contributed by atoms with Crippen molar-refractivity contribution in [2.24, 2.45) is 0 Å². The smallest absolute Gasteiger partial charge is 0.316 e. The molecule has 0 saturated carbocycles. The lowest BCUT2D eigenvalue weighted by atomic mass is 9.92. The lowest BCUT2D eigenvalue weighted by Gasteiger charge is -2.40. The van der Waals surface area contributed by atoms with Crippen molar-refractivity contribution in [2.75, 3.05) is 7.11 Å². The van der Waals surface area contributed by atoms with Crippen LogP contribution in [0.15, 0.2) is 59.1 Å². The lowest BCUT2D eigenvalue weighted by molar-refractivity contribution is -0.144. The van der Waals surface area contributed by atoms with Gasteiger partial charge in [0, 0.05) is 9.50 Å². The first-order valence-corrected chi connectivity index (χ1v) is 14.0. The van der Waals surface area contributed by atoms with E-state index in [1.807, 2.05) is 48.6 Å². The van der Waals surface area contributed by atoms with E-state index in [2.05, 4.69) is 49.8 Å². The number of carbonyl (C=O) groups is 1. The number of benzene rings is 2. The van der Waals surface area contributed by atoms with Crippen molar-refractivity contribution in [1.29, 1.82) is 0 Å². The molecule has 0 radical (unpaired) electrons. The van der Waals surface area contributed by atoms with Crippen LogP contribution in [0.5, 0.6) is 0 Å². The van der Waals surface area contributed by atoms with Gasteiger partial charge in [-0.15, -0.1) is 0 Å². The van der Waals surface area contributed by atoms with Gasteiger partial charge < -0.3 is 9.16 Å². The zero-order valence-corrected chi connectivity index (χ0v) is 21.8. The number of halogens is 2. The van der Waals surface area contributed by atoms with Gasteiger partial charge in [0.05, 0.1) is 13.2 Å². The molecule has 2 aromatic carbocycles. The average Bonchev–Trinajstić information content (AvgIpc) is 2.67. The van der Waals surface area contributed by atoms with Crippen LogP contribution in [0, 0.1) is 0 Å². The Balaban J connectivity index is 2.50. The molecule has 2 atom stereocenters. The van der Waals surface area contributed by atoms with E-state index in [1.165, 1.54) is 7.11 Å². The minimum absolute atomic E-state index is 0.00261. The van der Waals surface area contributed by atoms with Crippen LogP contribution >= 0.6 is 27.5 Å². The molecule has 3 nitrogen and oxygen atoms in total. The number of methoxy groups -OCH3 is 1. The summed E-state index contributed by atoms with van der Waals surface area (Å²) in [5, 5.41) is 0.617. The fourth-order valence-corrected chi connectivity index (χ4v) is 4.41. The van der Waals surface area contributed by atoms with Crippen LogP contribution in [0.25, 0.3) is 6.08 Å². The fraction of sp³-hybridized carbons (Fsp3) is 0.375. The quantitative estimate of drug-likeness (QED) is 0.287. The fourth-order valence-electron chi connectivity index (χ4n) is 2.77. The van der Waals surface area contributed by atoms with Crippen LogP contribution in [-0.4, -0.2) is 27.5 Å². The highest BCUT2D eigenvalue weighted by molar-refractivity contribution is 9.10. The highest BCUT2D eigenvalue weighted by Crippen LogP contribution is 2.40. The minimum Gasteiger partial charge on any atom is -0.468 e. The number of rotatable bonds is 7. The predicted octanol–water partition coefficient (Wildman–Crippen LogP) is 7.46. The SMILES string of the molecule is COC(=O)[C@@H](c1ccc(Cl)cc1)[C@@H](/C=C/c1ccc(Br)cc1)O[Si](C)(C)C(C)(C)C. The summed E-state index contributed by atoms with van der Waals surface area (Å²) in [5.41, 5.74) is 1.84. The molecular formula is C24H30BrClO3Si. The Bertz CT molecular complexity index is 871. The molecule has 6 heteroatoms. The molecule has 0 N–H and O–H groups in total. The predicted molar refractivity (Wildman–Crippen MR) is 131 cm³/mol. The summed E-state index contributed by atoms with van der Waals surface area (Å²) in [6.07, 6.45) is 3.50. The summed E-state index contributed by atoms with van der Waals surface area (Å²) >= 11 is 9.53. The maximum atomic E-state index is 12.9. The van der Waals surface area contributed by atoms with E-state index in [4.69, 9.17) is 20.8 Å². The topological polar surface area (TPSA) is 35.5 Å². The second-order valence-electron chi connectivity index (χ2n) is 8.81. The van der Waals surface area contributed by atoms with Crippen molar-refractivity contribution in [3.05, 3.63) is 75.2 Å². The van der Waals surface area contributed by atoms with E-state index in [-0.39, 0.29) is 11.0 Å². The molecule has 0 spiro atoms. The molecule has 0 aliphatic rings.